The van der Waals surface area contributed by atoms with Crippen LogP contribution in [-0.4, -0.2) is 45.4 Å². The molecule has 5 rings (SSSR count). The number of hydrogen-bond acceptors (Lipinski definition) is 5. The molecule has 35 heavy (non-hydrogen) atoms. The lowest BCUT2D eigenvalue weighted by atomic mass is 9.93. The summed E-state index contributed by atoms with van der Waals surface area (Å²) in [4.78, 5) is 24.2. The van der Waals surface area contributed by atoms with Gasteiger partial charge in [0.05, 0.1) is 12.8 Å². The molecule has 0 spiro atoms. The Labute approximate surface area is 205 Å². The second-order valence-corrected chi connectivity index (χ2v) is 8.96. The van der Waals surface area contributed by atoms with Crippen LogP contribution in [0.1, 0.15) is 40.9 Å². The summed E-state index contributed by atoms with van der Waals surface area (Å²) in [6.07, 6.45) is 11.6. The lowest BCUT2D eigenvalue weighted by molar-refractivity contribution is 0.0759. The van der Waals surface area contributed by atoms with Crippen LogP contribution in [0.2, 0.25) is 0 Å². The van der Waals surface area contributed by atoms with Crippen molar-refractivity contribution in [2.75, 3.05) is 20.2 Å². The van der Waals surface area contributed by atoms with Crippen LogP contribution in [0.25, 0.3) is 5.65 Å². The number of imidazole rings is 1. The van der Waals surface area contributed by atoms with Gasteiger partial charge in [-0.1, -0.05) is 12.1 Å². The fourth-order valence-corrected chi connectivity index (χ4v) is 4.79. The molecule has 4 heterocycles. The van der Waals surface area contributed by atoms with Gasteiger partial charge in [-0.05, 0) is 73.6 Å². The van der Waals surface area contributed by atoms with Gasteiger partial charge in [0, 0.05) is 43.4 Å². The standard InChI is InChI=1S/C28H30N4O3/c1-34-25-10-9-23(19-26(25)35-20-24-8-2-3-12-29-24)28(33)32-15-4-6-21(11-16-32)18-22-7-5-14-31-17-13-30-27(22)31/h2-3,5,7-10,12-14,17,19,21H,4,6,11,15-16,18,20H2,1H3/t21-/m1/s1. The minimum atomic E-state index is 0.0337. The van der Waals surface area contributed by atoms with Gasteiger partial charge < -0.3 is 18.8 Å². The third-order valence-electron chi connectivity index (χ3n) is 6.66. The normalized spacial score (nSPS) is 16.1. The fraction of sp³-hybridized carbons (Fsp3) is 0.321. The lowest BCUT2D eigenvalue weighted by Gasteiger charge is -2.21. The van der Waals surface area contributed by atoms with Crippen molar-refractivity contribution in [3.05, 3.63) is 90.1 Å². The maximum atomic E-state index is 13.4. The Kier molecular flexibility index (Phi) is 6.93. The van der Waals surface area contributed by atoms with Crippen molar-refractivity contribution in [1.82, 2.24) is 19.3 Å². The van der Waals surface area contributed by atoms with Crippen molar-refractivity contribution in [2.24, 2.45) is 5.92 Å². The highest BCUT2D eigenvalue weighted by Crippen LogP contribution is 2.30. The van der Waals surface area contributed by atoms with E-state index < -0.39 is 0 Å². The van der Waals surface area contributed by atoms with Crippen LogP contribution in [0.4, 0.5) is 0 Å². The van der Waals surface area contributed by atoms with Crippen LogP contribution in [-0.2, 0) is 13.0 Å². The van der Waals surface area contributed by atoms with E-state index in [9.17, 15) is 4.79 Å². The quantitative estimate of drug-likeness (QED) is 0.388. The highest BCUT2D eigenvalue weighted by molar-refractivity contribution is 5.95. The number of nitrogens with zero attached hydrogens (tertiary/aromatic N) is 4. The SMILES string of the molecule is COc1ccc(C(=O)N2CCC[C@@H](Cc3cccn4ccnc34)CC2)cc1OCc1ccccn1. The number of likely N-dealkylation sites (tertiary alicyclic amines) is 1. The number of hydrogen-bond donors (Lipinski definition) is 0. The van der Waals surface area contributed by atoms with Gasteiger partial charge in [0.25, 0.3) is 5.91 Å². The van der Waals surface area contributed by atoms with E-state index in [4.69, 9.17) is 9.47 Å². The Balaban J connectivity index is 1.24. The molecular weight excluding hydrogens is 440 g/mol. The van der Waals surface area contributed by atoms with Crippen molar-refractivity contribution in [3.8, 4) is 11.5 Å². The summed E-state index contributed by atoms with van der Waals surface area (Å²) in [6.45, 7) is 1.82. The molecule has 180 valence electrons. The number of fused-ring (bicyclic) bond motifs is 1. The first-order valence-electron chi connectivity index (χ1n) is 12.1. The Bertz CT molecular complexity index is 1290. The summed E-state index contributed by atoms with van der Waals surface area (Å²) >= 11 is 0. The van der Waals surface area contributed by atoms with E-state index in [1.165, 1.54) is 5.56 Å². The molecule has 1 atom stereocenters. The molecule has 0 unspecified atom stereocenters. The summed E-state index contributed by atoms with van der Waals surface area (Å²) in [5, 5.41) is 0. The van der Waals surface area contributed by atoms with E-state index in [0.717, 1.165) is 50.1 Å². The lowest BCUT2D eigenvalue weighted by Crippen LogP contribution is -2.32. The molecule has 0 aliphatic carbocycles. The van der Waals surface area contributed by atoms with Gasteiger partial charge in [-0.25, -0.2) is 4.98 Å². The number of aromatic nitrogens is 3. The minimum absolute atomic E-state index is 0.0337. The number of ether oxygens (including phenoxy) is 2. The molecule has 4 aromatic rings. The van der Waals surface area contributed by atoms with Crippen molar-refractivity contribution in [3.63, 3.8) is 0 Å². The molecule has 1 aliphatic rings. The number of amides is 1. The Morgan fingerprint density at radius 1 is 1.00 bits per heavy atom. The Morgan fingerprint density at radius 3 is 2.80 bits per heavy atom. The van der Waals surface area contributed by atoms with Gasteiger partial charge in [0.2, 0.25) is 0 Å². The fourth-order valence-electron chi connectivity index (χ4n) is 4.79. The highest BCUT2D eigenvalue weighted by Gasteiger charge is 2.23. The van der Waals surface area contributed by atoms with E-state index >= 15 is 0 Å². The molecule has 7 heteroatoms. The first-order valence-corrected chi connectivity index (χ1v) is 12.1. The predicted octanol–water partition coefficient (Wildman–Crippen LogP) is 4.80. The maximum Gasteiger partial charge on any atom is 0.253 e. The molecule has 3 aromatic heterocycles. The average Bonchev–Trinajstić information content (AvgIpc) is 3.27. The zero-order valence-corrected chi connectivity index (χ0v) is 20.0. The zero-order chi connectivity index (χ0) is 24.0. The monoisotopic (exact) mass is 470 g/mol. The van der Waals surface area contributed by atoms with Gasteiger partial charge >= 0.3 is 0 Å². The first kappa shape index (κ1) is 22.9. The van der Waals surface area contributed by atoms with E-state index in [-0.39, 0.29) is 5.91 Å². The van der Waals surface area contributed by atoms with Gasteiger partial charge in [-0.15, -0.1) is 0 Å². The number of benzene rings is 1. The van der Waals surface area contributed by atoms with Gasteiger partial charge in [0.15, 0.2) is 11.5 Å². The van der Waals surface area contributed by atoms with Crippen LogP contribution >= 0.6 is 0 Å². The van der Waals surface area contributed by atoms with Crippen molar-refractivity contribution < 1.29 is 14.3 Å². The van der Waals surface area contributed by atoms with Crippen molar-refractivity contribution >= 4 is 11.6 Å². The molecule has 1 aromatic carbocycles. The molecule has 1 saturated heterocycles. The molecule has 7 nitrogen and oxygen atoms in total. The van der Waals surface area contributed by atoms with Gasteiger partial charge in [-0.3, -0.25) is 9.78 Å². The van der Waals surface area contributed by atoms with Crippen LogP contribution in [0.15, 0.2) is 73.3 Å². The molecule has 1 amide bonds. The molecule has 0 saturated carbocycles. The highest BCUT2D eigenvalue weighted by atomic mass is 16.5. The van der Waals surface area contributed by atoms with Gasteiger partial charge in [-0.2, -0.15) is 0 Å². The van der Waals surface area contributed by atoms with Gasteiger partial charge in [0.1, 0.15) is 12.3 Å². The average molecular weight is 471 g/mol. The van der Waals surface area contributed by atoms with Crippen molar-refractivity contribution in [1.29, 1.82) is 0 Å². The number of rotatable bonds is 7. The molecule has 0 N–H and O–H groups in total. The minimum Gasteiger partial charge on any atom is -0.493 e. The summed E-state index contributed by atoms with van der Waals surface area (Å²) in [6, 6.07) is 15.3. The Hall–Kier alpha value is -3.87. The number of pyridine rings is 2. The predicted molar refractivity (Wildman–Crippen MR) is 134 cm³/mol. The summed E-state index contributed by atoms with van der Waals surface area (Å²) in [5.74, 6) is 1.71. The number of methoxy groups -OCH3 is 1. The van der Waals surface area contributed by atoms with E-state index in [1.807, 2.05) is 47.8 Å². The summed E-state index contributed by atoms with van der Waals surface area (Å²) in [5.41, 5.74) is 3.73. The molecule has 0 bridgehead atoms. The van der Waals surface area contributed by atoms with Crippen molar-refractivity contribution in [2.45, 2.75) is 32.3 Å². The Morgan fingerprint density at radius 2 is 1.94 bits per heavy atom. The molecular formula is C28H30N4O3. The zero-order valence-electron chi connectivity index (χ0n) is 20.0. The second kappa shape index (κ2) is 10.6. The first-order chi connectivity index (χ1) is 17.2. The molecule has 1 aliphatic heterocycles. The van der Waals surface area contributed by atoms with Crippen LogP contribution < -0.4 is 9.47 Å². The van der Waals surface area contributed by atoms with Crippen LogP contribution in [0, 0.1) is 5.92 Å². The van der Waals surface area contributed by atoms with E-state index in [2.05, 4.69) is 26.5 Å². The maximum absolute atomic E-state index is 13.4. The van der Waals surface area contributed by atoms with E-state index in [1.54, 1.807) is 25.4 Å². The third kappa shape index (κ3) is 5.29. The topological polar surface area (TPSA) is 69.0 Å². The number of carbonyl (C=O) groups is 1. The number of carbonyl (C=O) groups excluding carboxylic acids is 1. The van der Waals surface area contributed by atoms with Crippen LogP contribution in [0.3, 0.4) is 0 Å². The largest absolute Gasteiger partial charge is 0.493 e. The summed E-state index contributed by atoms with van der Waals surface area (Å²) in [7, 11) is 1.60. The second-order valence-electron chi connectivity index (χ2n) is 8.96. The van der Waals surface area contributed by atoms with E-state index in [0.29, 0.717) is 29.6 Å². The summed E-state index contributed by atoms with van der Waals surface area (Å²) < 4.78 is 13.5. The third-order valence-corrected chi connectivity index (χ3v) is 6.66. The molecule has 0 radical (unpaired) electrons. The molecule has 1 fully saturated rings. The van der Waals surface area contributed by atoms with Crippen LogP contribution in [0.5, 0.6) is 11.5 Å². The smallest absolute Gasteiger partial charge is 0.253 e.